The highest BCUT2D eigenvalue weighted by molar-refractivity contribution is 5.93. The number of pyridine rings is 1. The van der Waals surface area contributed by atoms with E-state index in [2.05, 4.69) is 25.6 Å². The SMILES string of the molecule is O=C(NCc1ccccn1)c1cc(NCC2CCCO2)nc(-c2ccccc2)n1. The van der Waals surface area contributed by atoms with Gasteiger partial charge in [-0.05, 0) is 25.0 Å². The molecule has 29 heavy (non-hydrogen) atoms. The zero-order chi connectivity index (χ0) is 19.9. The molecular formula is C22H23N5O2. The quantitative estimate of drug-likeness (QED) is 0.646. The Kier molecular flexibility index (Phi) is 6.07. The molecule has 0 aliphatic carbocycles. The molecule has 7 nitrogen and oxygen atoms in total. The van der Waals surface area contributed by atoms with Crippen LogP contribution in [0.25, 0.3) is 11.4 Å². The van der Waals surface area contributed by atoms with E-state index < -0.39 is 0 Å². The predicted molar refractivity (Wildman–Crippen MR) is 110 cm³/mol. The van der Waals surface area contributed by atoms with E-state index in [0.717, 1.165) is 30.7 Å². The number of aromatic nitrogens is 3. The highest BCUT2D eigenvalue weighted by Gasteiger charge is 2.17. The maximum atomic E-state index is 12.7. The summed E-state index contributed by atoms with van der Waals surface area (Å²) in [6.07, 6.45) is 3.98. The number of carbonyl (C=O) groups is 1. The van der Waals surface area contributed by atoms with Crippen molar-refractivity contribution in [1.29, 1.82) is 0 Å². The third-order valence-corrected chi connectivity index (χ3v) is 4.68. The third kappa shape index (κ3) is 5.14. The molecule has 0 saturated carbocycles. The minimum absolute atomic E-state index is 0.173. The first-order valence-electron chi connectivity index (χ1n) is 9.76. The van der Waals surface area contributed by atoms with Crippen molar-refractivity contribution >= 4 is 11.7 Å². The van der Waals surface area contributed by atoms with Gasteiger partial charge in [0.1, 0.15) is 11.5 Å². The van der Waals surface area contributed by atoms with Crippen LogP contribution in [0.15, 0.2) is 60.8 Å². The van der Waals surface area contributed by atoms with Crippen LogP contribution in [0.5, 0.6) is 0 Å². The van der Waals surface area contributed by atoms with Crippen molar-refractivity contribution in [3.8, 4) is 11.4 Å². The van der Waals surface area contributed by atoms with E-state index in [1.165, 1.54) is 0 Å². The van der Waals surface area contributed by atoms with Crippen LogP contribution in [0.1, 0.15) is 29.0 Å². The molecule has 0 bridgehead atoms. The standard InChI is InChI=1S/C22H23N5O2/c28-22(25-14-17-9-4-5-11-23-17)19-13-20(24-15-18-10-6-12-29-18)27-21(26-19)16-7-2-1-3-8-16/h1-5,7-9,11,13,18H,6,10,12,14-15H2,(H,25,28)(H,24,26,27). The van der Waals surface area contributed by atoms with E-state index in [1.807, 2.05) is 48.5 Å². The molecule has 1 aromatic carbocycles. The van der Waals surface area contributed by atoms with Gasteiger partial charge < -0.3 is 15.4 Å². The predicted octanol–water partition coefficient (Wildman–Crippen LogP) is 3.06. The molecule has 148 valence electrons. The summed E-state index contributed by atoms with van der Waals surface area (Å²) in [6, 6.07) is 16.9. The van der Waals surface area contributed by atoms with E-state index in [9.17, 15) is 4.79 Å². The Morgan fingerprint density at radius 1 is 1.10 bits per heavy atom. The number of hydrogen-bond acceptors (Lipinski definition) is 6. The van der Waals surface area contributed by atoms with Crippen molar-refractivity contribution in [3.63, 3.8) is 0 Å². The number of nitrogens with one attached hydrogen (secondary N) is 2. The first-order valence-corrected chi connectivity index (χ1v) is 9.76. The highest BCUT2D eigenvalue weighted by Crippen LogP contribution is 2.19. The van der Waals surface area contributed by atoms with Crippen LogP contribution in [-0.4, -0.2) is 40.1 Å². The summed E-state index contributed by atoms with van der Waals surface area (Å²) in [5.74, 6) is 0.846. The van der Waals surface area contributed by atoms with Crippen molar-refractivity contribution in [2.24, 2.45) is 0 Å². The molecule has 1 fully saturated rings. The third-order valence-electron chi connectivity index (χ3n) is 4.68. The molecule has 3 heterocycles. The van der Waals surface area contributed by atoms with E-state index in [0.29, 0.717) is 30.4 Å². The normalized spacial score (nSPS) is 15.8. The molecule has 1 aliphatic heterocycles. The summed E-state index contributed by atoms with van der Waals surface area (Å²) in [7, 11) is 0. The van der Waals surface area contributed by atoms with Crippen molar-refractivity contribution in [3.05, 3.63) is 72.2 Å². The van der Waals surface area contributed by atoms with Crippen molar-refractivity contribution < 1.29 is 9.53 Å². The van der Waals surface area contributed by atoms with Gasteiger partial charge in [-0.3, -0.25) is 9.78 Å². The highest BCUT2D eigenvalue weighted by atomic mass is 16.5. The van der Waals surface area contributed by atoms with Crippen molar-refractivity contribution in [2.75, 3.05) is 18.5 Å². The number of anilines is 1. The van der Waals surface area contributed by atoms with Gasteiger partial charge in [-0.25, -0.2) is 9.97 Å². The minimum Gasteiger partial charge on any atom is -0.376 e. The molecule has 2 aromatic heterocycles. The average Bonchev–Trinajstić information content (AvgIpc) is 3.31. The largest absolute Gasteiger partial charge is 0.376 e. The number of amides is 1. The van der Waals surface area contributed by atoms with Crippen LogP contribution in [0.4, 0.5) is 5.82 Å². The molecule has 0 spiro atoms. The Labute approximate surface area is 169 Å². The molecule has 3 aromatic rings. The number of rotatable bonds is 7. The number of carbonyl (C=O) groups excluding carboxylic acids is 1. The lowest BCUT2D eigenvalue weighted by Gasteiger charge is -2.13. The molecular weight excluding hydrogens is 366 g/mol. The smallest absolute Gasteiger partial charge is 0.270 e. The van der Waals surface area contributed by atoms with Gasteiger partial charge >= 0.3 is 0 Å². The maximum Gasteiger partial charge on any atom is 0.270 e. The fourth-order valence-corrected chi connectivity index (χ4v) is 3.16. The van der Waals surface area contributed by atoms with Gasteiger partial charge in [-0.2, -0.15) is 0 Å². The van der Waals surface area contributed by atoms with Gasteiger partial charge in [0.05, 0.1) is 18.3 Å². The molecule has 0 radical (unpaired) electrons. The molecule has 1 atom stereocenters. The van der Waals surface area contributed by atoms with Crippen LogP contribution in [0, 0.1) is 0 Å². The Balaban J connectivity index is 1.54. The Bertz CT molecular complexity index is 944. The molecule has 1 saturated heterocycles. The first-order chi connectivity index (χ1) is 14.3. The summed E-state index contributed by atoms with van der Waals surface area (Å²) in [5, 5.41) is 6.17. The second-order valence-corrected chi connectivity index (χ2v) is 6.85. The molecule has 1 unspecified atom stereocenters. The molecule has 7 heteroatoms. The van der Waals surface area contributed by atoms with Gasteiger partial charge in [-0.15, -0.1) is 0 Å². The first kappa shape index (κ1) is 19.0. The lowest BCUT2D eigenvalue weighted by Crippen LogP contribution is -2.25. The summed E-state index contributed by atoms with van der Waals surface area (Å²) in [5.41, 5.74) is 1.95. The van der Waals surface area contributed by atoms with Crippen LogP contribution in [0.3, 0.4) is 0 Å². The Morgan fingerprint density at radius 2 is 1.97 bits per heavy atom. The molecule has 1 amide bonds. The summed E-state index contributed by atoms with van der Waals surface area (Å²) in [4.78, 5) is 26.0. The minimum atomic E-state index is -0.268. The fraction of sp³-hybridized carbons (Fsp3) is 0.273. The van der Waals surface area contributed by atoms with E-state index in [4.69, 9.17) is 4.74 Å². The molecule has 4 rings (SSSR count). The van der Waals surface area contributed by atoms with Crippen LogP contribution in [0.2, 0.25) is 0 Å². The Morgan fingerprint density at radius 3 is 2.72 bits per heavy atom. The van der Waals surface area contributed by atoms with Gasteiger partial charge in [0.25, 0.3) is 5.91 Å². The monoisotopic (exact) mass is 389 g/mol. The number of hydrogen-bond donors (Lipinski definition) is 2. The summed E-state index contributed by atoms with van der Waals surface area (Å²) >= 11 is 0. The molecule has 2 N–H and O–H groups in total. The van der Waals surface area contributed by atoms with Crippen LogP contribution < -0.4 is 10.6 Å². The fourth-order valence-electron chi connectivity index (χ4n) is 3.16. The average molecular weight is 389 g/mol. The molecule has 1 aliphatic rings. The van der Waals surface area contributed by atoms with Gasteiger partial charge in [0.2, 0.25) is 0 Å². The lowest BCUT2D eigenvalue weighted by molar-refractivity contribution is 0.0945. The van der Waals surface area contributed by atoms with Crippen molar-refractivity contribution in [2.45, 2.75) is 25.5 Å². The van der Waals surface area contributed by atoms with E-state index in [1.54, 1.807) is 12.3 Å². The lowest BCUT2D eigenvalue weighted by atomic mass is 10.2. The topological polar surface area (TPSA) is 89.0 Å². The van der Waals surface area contributed by atoms with Crippen LogP contribution in [-0.2, 0) is 11.3 Å². The van der Waals surface area contributed by atoms with Gasteiger partial charge in [0.15, 0.2) is 5.82 Å². The zero-order valence-corrected chi connectivity index (χ0v) is 16.0. The second-order valence-electron chi connectivity index (χ2n) is 6.85. The Hall–Kier alpha value is -3.32. The van der Waals surface area contributed by atoms with Crippen molar-refractivity contribution in [1.82, 2.24) is 20.3 Å². The summed E-state index contributed by atoms with van der Waals surface area (Å²) < 4.78 is 5.66. The number of nitrogens with zero attached hydrogens (tertiary/aromatic N) is 3. The second kappa shape index (κ2) is 9.25. The number of ether oxygens (including phenoxy) is 1. The van der Waals surface area contributed by atoms with Crippen LogP contribution >= 0.6 is 0 Å². The van der Waals surface area contributed by atoms with Gasteiger partial charge in [0, 0.05) is 31.0 Å². The van der Waals surface area contributed by atoms with Gasteiger partial charge in [-0.1, -0.05) is 36.4 Å². The van der Waals surface area contributed by atoms with E-state index >= 15 is 0 Å². The number of benzene rings is 1. The zero-order valence-electron chi connectivity index (χ0n) is 16.0. The maximum absolute atomic E-state index is 12.7. The summed E-state index contributed by atoms with van der Waals surface area (Å²) in [6.45, 7) is 1.79. The van der Waals surface area contributed by atoms with E-state index in [-0.39, 0.29) is 12.0 Å².